The second-order valence-electron chi connectivity index (χ2n) is 8.90. The topological polar surface area (TPSA) is 69.2 Å². The molecular weight excluding hydrogens is 390 g/mol. The van der Waals surface area contributed by atoms with Crippen molar-refractivity contribution in [3.63, 3.8) is 0 Å². The number of para-hydroxylation sites is 1. The van der Waals surface area contributed by atoms with Gasteiger partial charge in [0.2, 0.25) is 5.91 Å². The molecule has 1 aliphatic carbocycles. The van der Waals surface area contributed by atoms with E-state index in [2.05, 4.69) is 49.7 Å². The number of hydrogen-bond donors (Lipinski definition) is 2. The van der Waals surface area contributed by atoms with Gasteiger partial charge in [-0.1, -0.05) is 37.5 Å². The Morgan fingerprint density at radius 2 is 1.87 bits per heavy atom. The van der Waals surface area contributed by atoms with Crippen LogP contribution < -0.4 is 15.5 Å². The van der Waals surface area contributed by atoms with Crippen LogP contribution >= 0.6 is 0 Å². The third kappa shape index (κ3) is 5.70. The SMILES string of the molecule is CN=C(NCc1ccccc1N1CCOCC1)NC1CCN(C(=O)C2CCCCC2)C1. The van der Waals surface area contributed by atoms with Crippen LogP contribution in [0.25, 0.3) is 0 Å². The van der Waals surface area contributed by atoms with Gasteiger partial charge < -0.3 is 25.2 Å². The van der Waals surface area contributed by atoms with Crippen LogP contribution in [0.1, 0.15) is 44.1 Å². The molecule has 3 aliphatic rings. The van der Waals surface area contributed by atoms with Crippen molar-refractivity contribution < 1.29 is 9.53 Å². The molecule has 1 aromatic carbocycles. The average molecular weight is 428 g/mol. The smallest absolute Gasteiger partial charge is 0.225 e. The minimum atomic E-state index is 0.252. The fourth-order valence-corrected chi connectivity index (χ4v) is 5.03. The average Bonchev–Trinajstić information content (AvgIpc) is 3.31. The zero-order valence-electron chi connectivity index (χ0n) is 18.8. The Kier molecular flexibility index (Phi) is 7.67. The minimum absolute atomic E-state index is 0.252. The predicted octanol–water partition coefficient (Wildman–Crippen LogP) is 2.37. The number of benzene rings is 1. The lowest BCUT2D eigenvalue weighted by atomic mass is 9.88. The van der Waals surface area contributed by atoms with Crippen LogP contribution in [0.3, 0.4) is 0 Å². The van der Waals surface area contributed by atoms with Crippen LogP contribution in [-0.4, -0.2) is 69.2 Å². The molecule has 0 radical (unpaired) electrons. The summed E-state index contributed by atoms with van der Waals surface area (Å²) in [6.07, 6.45) is 6.80. The molecule has 0 bridgehead atoms. The van der Waals surface area contributed by atoms with E-state index in [1.807, 2.05) is 7.05 Å². The highest BCUT2D eigenvalue weighted by molar-refractivity contribution is 5.81. The Labute approximate surface area is 186 Å². The summed E-state index contributed by atoms with van der Waals surface area (Å²) in [4.78, 5) is 21.7. The number of hydrogen-bond acceptors (Lipinski definition) is 4. The fraction of sp³-hybridized carbons (Fsp3) is 0.667. The summed E-state index contributed by atoms with van der Waals surface area (Å²) < 4.78 is 5.50. The number of guanidine groups is 1. The van der Waals surface area contributed by atoms with E-state index in [-0.39, 0.29) is 12.0 Å². The van der Waals surface area contributed by atoms with E-state index >= 15 is 0 Å². The zero-order chi connectivity index (χ0) is 21.5. The second-order valence-corrected chi connectivity index (χ2v) is 8.90. The van der Waals surface area contributed by atoms with Crippen molar-refractivity contribution >= 4 is 17.6 Å². The van der Waals surface area contributed by atoms with Crippen molar-refractivity contribution in [2.24, 2.45) is 10.9 Å². The van der Waals surface area contributed by atoms with Gasteiger partial charge in [-0.2, -0.15) is 0 Å². The van der Waals surface area contributed by atoms with Gasteiger partial charge in [0.25, 0.3) is 0 Å². The van der Waals surface area contributed by atoms with Gasteiger partial charge >= 0.3 is 0 Å². The lowest BCUT2D eigenvalue weighted by Gasteiger charge is -2.30. The van der Waals surface area contributed by atoms with E-state index in [0.717, 1.165) is 64.6 Å². The molecule has 4 rings (SSSR count). The van der Waals surface area contributed by atoms with Crippen LogP contribution in [-0.2, 0) is 16.1 Å². The molecule has 170 valence electrons. The Morgan fingerprint density at radius 1 is 1.10 bits per heavy atom. The summed E-state index contributed by atoms with van der Waals surface area (Å²) in [6.45, 7) is 5.76. The molecule has 3 fully saturated rings. The third-order valence-electron chi connectivity index (χ3n) is 6.81. The lowest BCUT2D eigenvalue weighted by Crippen LogP contribution is -2.45. The summed E-state index contributed by atoms with van der Waals surface area (Å²) >= 11 is 0. The first-order valence-electron chi connectivity index (χ1n) is 11.9. The number of morpholine rings is 1. The number of nitrogens with one attached hydrogen (secondary N) is 2. The second kappa shape index (κ2) is 10.8. The number of carbonyl (C=O) groups excluding carboxylic acids is 1. The van der Waals surface area contributed by atoms with Gasteiger partial charge in [-0.05, 0) is 30.9 Å². The third-order valence-corrected chi connectivity index (χ3v) is 6.81. The molecule has 2 aliphatic heterocycles. The number of rotatable bonds is 5. The first kappa shape index (κ1) is 21.9. The molecule has 2 heterocycles. The van der Waals surface area contributed by atoms with Gasteiger partial charge in [0, 0.05) is 57.4 Å². The van der Waals surface area contributed by atoms with Gasteiger partial charge in [0.1, 0.15) is 0 Å². The lowest BCUT2D eigenvalue weighted by molar-refractivity contribution is -0.135. The van der Waals surface area contributed by atoms with Gasteiger partial charge in [0.05, 0.1) is 13.2 Å². The van der Waals surface area contributed by atoms with Gasteiger partial charge in [-0.25, -0.2) is 0 Å². The normalized spacial score (nSPS) is 23.1. The van der Waals surface area contributed by atoms with Crippen LogP contribution in [0.5, 0.6) is 0 Å². The standard InChI is InChI=1S/C24H37N5O2/c1-25-24(26-17-20-9-5-6-10-22(20)28-13-15-31-16-14-28)27-21-11-12-29(18-21)23(30)19-7-3-2-4-8-19/h5-6,9-10,19,21H,2-4,7-8,11-18H2,1H3,(H2,25,26,27). The van der Waals surface area contributed by atoms with E-state index in [0.29, 0.717) is 12.5 Å². The predicted molar refractivity (Wildman–Crippen MR) is 124 cm³/mol. The molecule has 0 spiro atoms. The number of aliphatic imine (C=N–C) groups is 1. The molecule has 31 heavy (non-hydrogen) atoms. The van der Waals surface area contributed by atoms with Crippen LogP contribution in [0.15, 0.2) is 29.3 Å². The number of carbonyl (C=O) groups is 1. The summed E-state index contributed by atoms with van der Waals surface area (Å²) in [5, 5.41) is 7.01. The molecule has 1 amide bonds. The molecule has 2 N–H and O–H groups in total. The number of ether oxygens (including phenoxy) is 1. The summed E-state index contributed by atoms with van der Waals surface area (Å²) in [7, 11) is 1.81. The van der Waals surface area contributed by atoms with E-state index < -0.39 is 0 Å². The highest BCUT2D eigenvalue weighted by Gasteiger charge is 2.31. The maximum absolute atomic E-state index is 12.8. The van der Waals surface area contributed by atoms with E-state index in [1.54, 1.807) is 0 Å². The highest BCUT2D eigenvalue weighted by atomic mass is 16.5. The Balaban J connectivity index is 1.28. The van der Waals surface area contributed by atoms with Crippen molar-refractivity contribution in [1.82, 2.24) is 15.5 Å². The van der Waals surface area contributed by atoms with Gasteiger partial charge in [-0.15, -0.1) is 0 Å². The Morgan fingerprint density at radius 3 is 2.65 bits per heavy atom. The number of nitrogens with zero attached hydrogens (tertiary/aromatic N) is 3. The van der Waals surface area contributed by atoms with Crippen molar-refractivity contribution in [3.8, 4) is 0 Å². The van der Waals surface area contributed by atoms with Crippen LogP contribution in [0, 0.1) is 5.92 Å². The van der Waals surface area contributed by atoms with Crippen molar-refractivity contribution in [2.45, 2.75) is 51.1 Å². The quantitative estimate of drug-likeness (QED) is 0.558. The summed E-state index contributed by atoms with van der Waals surface area (Å²) in [5.74, 6) is 1.42. The summed E-state index contributed by atoms with van der Waals surface area (Å²) in [6, 6.07) is 8.80. The molecular formula is C24H37N5O2. The molecule has 1 aromatic rings. The highest BCUT2D eigenvalue weighted by Crippen LogP contribution is 2.27. The first-order chi connectivity index (χ1) is 15.2. The monoisotopic (exact) mass is 427 g/mol. The fourth-order valence-electron chi connectivity index (χ4n) is 5.03. The number of anilines is 1. The van der Waals surface area contributed by atoms with E-state index in [4.69, 9.17) is 4.74 Å². The molecule has 1 unspecified atom stereocenters. The largest absolute Gasteiger partial charge is 0.378 e. The minimum Gasteiger partial charge on any atom is -0.378 e. The van der Waals surface area contributed by atoms with Gasteiger partial charge in [-0.3, -0.25) is 9.79 Å². The van der Waals surface area contributed by atoms with Crippen LogP contribution in [0.4, 0.5) is 5.69 Å². The van der Waals surface area contributed by atoms with E-state index in [9.17, 15) is 4.79 Å². The molecule has 1 atom stereocenters. The van der Waals surface area contributed by atoms with Crippen molar-refractivity contribution in [1.29, 1.82) is 0 Å². The zero-order valence-corrected chi connectivity index (χ0v) is 18.8. The van der Waals surface area contributed by atoms with Crippen molar-refractivity contribution in [2.75, 3.05) is 51.3 Å². The molecule has 0 aromatic heterocycles. The Hall–Kier alpha value is -2.28. The molecule has 7 nitrogen and oxygen atoms in total. The summed E-state index contributed by atoms with van der Waals surface area (Å²) in [5.41, 5.74) is 2.52. The molecule has 1 saturated carbocycles. The Bertz CT molecular complexity index is 756. The van der Waals surface area contributed by atoms with E-state index in [1.165, 1.54) is 30.5 Å². The van der Waals surface area contributed by atoms with Crippen LogP contribution in [0.2, 0.25) is 0 Å². The molecule has 2 saturated heterocycles. The maximum Gasteiger partial charge on any atom is 0.225 e. The van der Waals surface area contributed by atoms with Crippen molar-refractivity contribution in [3.05, 3.63) is 29.8 Å². The number of amides is 1. The first-order valence-corrected chi connectivity index (χ1v) is 11.9. The molecule has 7 heteroatoms. The maximum atomic E-state index is 12.8. The number of likely N-dealkylation sites (tertiary alicyclic amines) is 1. The van der Waals surface area contributed by atoms with Gasteiger partial charge in [0.15, 0.2) is 5.96 Å².